The van der Waals surface area contributed by atoms with E-state index in [4.69, 9.17) is 4.74 Å². The average molecular weight is 325 g/mol. The van der Waals surface area contributed by atoms with Crippen molar-refractivity contribution in [1.29, 1.82) is 0 Å². The first-order valence-corrected chi connectivity index (χ1v) is 8.24. The number of unbranched alkanes of at least 4 members (excludes halogenated alkanes) is 1. The Hall–Kier alpha value is -1.82. The molecule has 5 nitrogen and oxygen atoms in total. The molecule has 0 spiro atoms. The van der Waals surface area contributed by atoms with Crippen LogP contribution in [0.2, 0.25) is 0 Å². The summed E-state index contributed by atoms with van der Waals surface area (Å²) in [6, 6.07) is 4.30. The molecule has 130 valence electrons. The van der Waals surface area contributed by atoms with Gasteiger partial charge in [0.1, 0.15) is 0 Å². The van der Waals surface area contributed by atoms with E-state index in [0.717, 1.165) is 45.6 Å². The first kappa shape index (κ1) is 19.2. The molecule has 0 amide bonds. The quantitative estimate of drug-likeness (QED) is 0.352. The number of guanidine groups is 1. The van der Waals surface area contributed by atoms with Gasteiger partial charge in [0, 0.05) is 26.3 Å². The Bertz CT molecular complexity index is 481. The third kappa shape index (κ3) is 8.40. The van der Waals surface area contributed by atoms with Gasteiger partial charge in [-0.2, -0.15) is 0 Å². The Morgan fingerprint density at radius 3 is 2.70 bits per heavy atom. The van der Waals surface area contributed by atoms with Crippen molar-refractivity contribution in [2.24, 2.45) is 4.99 Å². The first-order valence-electron chi connectivity index (χ1n) is 8.24. The summed E-state index contributed by atoms with van der Waals surface area (Å²) in [6.45, 7) is 7.55. The Morgan fingerprint density at radius 1 is 1.22 bits per heavy atom. The molecule has 23 heavy (non-hydrogen) atoms. The number of hydrogen-bond donors (Lipinski definition) is 3. The number of benzene rings is 1. The summed E-state index contributed by atoms with van der Waals surface area (Å²) in [5.41, 5.74) is 0.709. The molecular formula is C17H28FN3O2. The van der Waals surface area contributed by atoms with Crippen molar-refractivity contribution in [3.8, 4) is 5.75 Å². The Morgan fingerprint density at radius 2 is 2.00 bits per heavy atom. The number of aromatic hydroxyl groups is 1. The number of nitrogens with one attached hydrogen (secondary N) is 2. The van der Waals surface area contributed by atoms with Crippen LogP contribution in [-0.2, 0) is 11.3 Å². The van der Waals surface area contributed by atoms with E-state index in [1.165, 1.54) is 12.1 Å². The summed E-state index contributed by atoms with van der Waals surface area (Å²) in [6.07, 6.45) is 3.15. The van der Waals surface area contributed by atoms with E-state index in [1.54, 1.807) is 6.07 Å². The Balaban J connectivity index is 2.36. The number of rotatable bonds is 10. The molecule has 0 aliphatic carbocycles. The van der Waals surface area contributed by atoms with Gasteiger partial charge in [0.15, 0.2) is 17.5 Å². The Labute approximate surface area is 138 Å². The third-order valence-electron chi connectivity index (χ3n) is 3.18. The van der Waals surface area contributed by atoms with Crippen LogP contribution >= 0.6 is 0 Å². The van der Waals surface area contributed by atoms with E-state index in [2.05, 4.69) is 22.5 Å². The van der Waals surface area contributed by atoms with Gasteiger partial charge in [-0.25, -0.2) is 9.38 Å². The van der Waals surface area contributed by atoms with Crippen molar-refractivity contribution in [3.63, 3.8) is 0 Å². The van der Waals surface area contributed by atoms with E-state index in [-0.39, 0.29) is 5.75 Å². The molecule has 3 N–H and O–H groups in total. The SMILES string of the molecule is CCCCOCCCNC(=NCc1ccc(O)c(F)c1)NCC. The molecule has 0 aromatic heterocycles. The maximum absolute atomic E-state index is 13.3. The first-order chi connectivity index (χ1) is 11.2. The van der Waals surface area contributed by atoms with E-state index < -0.39 is 5.82 Å². The minimum Gasteiger partial charge on any atom is -0.505 e. The Kier molecular flexibility index (Phi) is 9.79. The van der Waals surface area contributed by atoms with Crippen LogP contribution in [0, 0.1) is 5.82 Å². The lowest BCUT2D eigenvalue weighted by atomic mass is 10.2. The van der Waals surface area contributed by atoms with Crippen LogP contribution in [0.3, 0.4) is 0 Å². The molecule has 0 aliphatic heterocycles. The number of phenolic OH excluding ortho intramolecular Hbond substituents is 1. The molecule has 0 heterocycles. The summed E-state index contributed by atoms with van der Waals surface area (Å²) < 4.78 is 18.8. The largest absolute Gasteiger partial charge is 0.505 e. The fourth-order valence-corrected chi connectivity index (χ4v) is 1.89. The lowest BCUT2D eigenvalue weighted by molar-refractivity contribution is 0.129. The lowest BCUT2D eigenvalue weighted by Gasteiger charge is -2.11. The van der Waals surface area contributed by atoms with Gasteiger partial charge >= 0.3 is 0 Å². The number of hydrogen-bond acceptors (Lipinski definition) is 3. The van der Waals surface area contributed by atoms with Gasteiger partial charge in [-0.1, -0.05) is 19.4 Å². The van der Waals surface area contributed by atoms with Crippen molar-refractivity contribution in [2.75, 3.05) is 26.3 Å². The molecular weight excluding hydrogens is 297 g/mol. The zero-order valence-corrected chi connectivity index (χ0v) is 14.1. The molecule has 6 heteroatoms. The fourth-order valence-electron chi connectivity index (χ4n) is 1.89. The molecule has 1 aromatic carbocycles. The minimum absolute atomic E-state index is 0.342. The number of halogens is 1. The monoisotopic (exact) mass is 325 g/mol. The van der Waals surface area contributed by atoms with Gasteiger partial charge in [0.05, 0.1) is 6.54 Å². The predicted molar refractivity (Wildman–Crippen MR) is 91.2 cm³/mol. The molecule has 1 aromatic rings. The van der Waals surface area contributed by atoms with Crippen LogP contribution in [0.15, 0.2) is 23.2 Å². The van der Waals surface area contributed by atoms with Crippen LogP contribution in [0.25, 0.3) is 0 Å². The zero-order valence-electron chi connectivity index (χ0n) is 14.1. The van der Waals surface area contributed by atoms with Gasteiger partial charge < -0.3 is 20.5 Å². The standard InChI is InChI=1S/C17H28FN3O2/c1-3-5-10-23-11-6-9-20-17(19-4-2)21-13-14-7-8-16(22)15(18)12-14/h7-8,12,22H,3-6,9-11,13H2,1-2H3,(H2,19,20,21). The molecule has 0 atom stereocenters. The van der Waals surface area contributed by atoms with Crippen molar-refractivity contribution in [1.82, 2.24) is 10.6 Å². The van der Waals surface area contributed by atoms with Crippen molar-refractivity contribution in [3.05, 3.63) is 29.6 Å². The summed E-state index contributed by atoms with van der Waals surface area (Å²) in [7, 11) is 0. The predicted octanol–water partition coefficient (Wildman–Crippen LogP) is 2.79. The van der Waals surface area contributed by atoms with E-state index in [0.29, 0.717) is 18.1 Å². The summed E-state index contributed by atoms with van der Waals surface area (Å²) in [5.74, 6) is -0.278. The lowest BCUT2D eigenvalue weighted by Crippen LogP contribution is -2.38. The number of aliphatic imine (C=N–C) groups is 1. The molecule has 0 saturated heterocycles. The molecule has 0 radical (unpaired) electrons. The van der Waals surface area contributed by atoms with E-state index in [1.807, 2.05) is 6.92 Å². The third-order valence-corrected chi connectivity index (χ3v) is 3.18. The highest BCUT2D eigenvalue weighted by molar-refractivity contribution is 5.79. The molecule has 0 saturated carbocycles. The maximum Gasteiger partial charge on any atom is 0.191 e. The van der Waals surface area contributed by atoms with Crippen LogP contribution in [0.5, 0.6) is 5.75 Å². The topological polar surface area (TPSA) is 65.9 Å². The molecule has 0 fully saturated rings. The van der Waals surface area contributed by atoms with E-state index in [9.17, 15) is 9.50 Å². The van der Waals surface area contributed by atoms with Crippen molar-refractivity contribution < 1.29 is 14.2 Å². The van der Waals surface area contributed by atoms with Crippen molar-refractivity contribution >= 4 is 5.96 Å². The second-order valence-corrected chi connectivity index (χ2v) is 5.23. The fraction of sp³-hybridized carbons (Fsp3) is 0.588. The maximum atomic E-state index is 13.3. The minimum atomic E-state index is -0.625. The van der Waals surface area contributed by atoms with Crippen LogP contribution in [0.4, 0.5) is 4.39 Å². The van der Waals surface area contributed by atoms with Crippen molar-refractivity contribution in [2.45, 2.75) is 39.7 Å². The second-order valence-electron chi connectivity index (χ2n) is 5.23. The molecule has 1 rings (SSSR count). The van der Waals surface area contributed by atoms with Crippen LogP contribution in [-0.4, -0.2) is 37.4 Å². The zero-order chi connectivity index (χ0) is 16.9. The normalized spacial score (nSPS) is 11.5. The van der Waals surface area contributed by atoms with Crippen LogP contribution < -0.4 is 10.6 Å². The highest BCUT2D eigenvalue weighted by atomic mass is 19.1. The van der Waals surface area contributed by atoms with Gasteiger partial charge in [-0.3, -0.25) is 0 Å². The van der Waals surface area contributed by atoms with Gasteiger partial charge in [0.25, 0.3) is 0 Å². The van der Waals surface area contributed by atoms with Gasteiger partial charge in [0.2, 0.25) is 0 Å². The number of phenols is 1. The van der Waals surface area contributed by atoms with Gasteiger partial charge in [-0.05, 0) is 37.5 Å². The molecule has 0 bridgehead atoms. The number of ether oxygens (including phenoxy) is 1. The average Bonchev–Trinajstić information content (AvgIpc) is 2.54. The highest BCUT2D eigenvalue weighted by Gasteiger charge is 2.02. The summed E-state index contributed by atoms with van der Waals surface area (Å²) in [4.78, 5) is 4.41. The van der Waals surface area contributed by atoms with E-state index >= 15 is 0 Å². The highest BCUT2D eigenvalue weighted by Crippen LogP contribution is 2.16. The van der Waals surface area contributed by atoms with Gasteiger partial charge in [-0.15, -0.1) is 0 Å². The molecule has 0 aliphatic rings. The smallest absolute Gasteiger partial charge is 0.191 e. The summed E-state index contributed by atoms with van der Waals surface area (Å²) in [5, 5.41) is 15.5. The number of nitrogens with zero attached hydrogens (tertiary/aromatic N) is 1. The van der Waals surface area contributed by atoms with Crippen LogP contribution in [0.1, 0.15) is 38.7 Å². The molecule has 0 unspecified atom stereocenters. The summed E-state index contributed by atoms with van der Waals surface area (Å²) >= 11 is 0. The second kappa shape index (κ2) is 11.7.